The maximum Gasteiger partial charge on any atom is 0.265 e. The molecule has 0 radical (unpaired) electrons. The number of benzene rings is 2. The molecule has 0 aromatic heterocycles. The van der Waals surface area contributed by atoms with Gasteiger partial charge in [0.25, 0.3) is 23.6 Å². The fourth-order valence-corrected chi connectivity index (χ4v) is 3.97. The summed E-state index contributed by atoms with van der Waals surface area (Å²) < 4.78 is 5.95. The Hall–Kier alpha value is -3.48. The highest BCUT2D eigenvalue weighted by Gasteiger charge is 2.44. The number of hydrogen-bond donors (Lipinski definition) is 0. The van der Waals surface area contributed by atoms with Crippen molar-refractivity contribution in [3.63, 3.8) is 0 Å². The number of ether oxygens (including phenoxy) is 1. The molecule has 4 amide bonds. The summed E-state index contributed by atoms with van der Waals surface area (Å²) >= 11 is 0. The van der Waals surface area contributed by atoms with Crippen LogP contribution in [0.4, 0.5) is 0 Å². The molecule has 0 atom stereocenters. The van der Waals surface area contributed by atoms with Crippen LogP contribution in [0, 0.1) is 0 Å². The minimum atomic E-state index is -0.679. The first kappa shape index (κ1) is 20.8. The van der Waals surface area contributed by atoms with Gasteiger partial charge in [-0.25, -0.2) is 0 Å². The van der Waals surface area contributed by atoms with Crippen molar-refractivity contribution in [2.45, 2.75) is 52.6 Å². The van der Waals surface area contributed by atoms with Gasteiger partial charge in [-0.05, 0) is 71.9 Å². The summed E-state index contributed by atoms with van der Waals surface area (Å²) in [6.45, 7) is 10.8. The highest BCUT2D eigenvalue weighted by atomic mass is 16.5. The largest absolute Gasteiger partial charge is 0.456 e. The molecule has 0 unspecified atom stereocenters. The molecule has 0 aliphatic carbocycles. The molecule has 2 aliphatic rings. The summed E-state index contributed by atoms with van der Waals surface area (Å²) in [4.78, 5) is 53.7. The molecule has 2 aromatic rings. The maximum atomic E-state index is 13.0. The van der Waals surface area contributed by atoms with Crippen molar-refractivity contribution < 1.29 is 23.9 Å². The van der Waals surface area contributed by atoms with Gasteiger partial charge in [0, 0.05) is 11.1 Å². The Morgan fingerprint density at radius 1 is 0.645 bits per heavy atom. The molecule has 7 heteroatoms. The van der Waals surface area contributed by atoms with Crippen molar-refractivity contribution in [1.82, 2.24) is 9.80 Å². The Labute approximate surface area is 180 Å². The third-order valence-corrected chi connectivity index (χ3v) is 5.30. The maximum absolute atomic E-state index is 13.0. The lowest BCUT2D eigenvalue weighted by Crippen LogP contribution is -2.45. The first-order chi connectivity index (χ1) is 14.3. The topological polar surface area (TPSA) is 84.0 Å². The zero-order valence-electron chi connectivity index (χ0n) is 18.4. The van der Waals surface area contributed by atoms with Gasteiger partial charge in [-0.1, -0.05) is 6.07 Å². The van der Waals surface area contributed by atoms with Gasteiger partial charge in [0.05, 0.1) is 22.3 Å². The molecular formula is C24H24N2O5. The van der Waals surface area contributed by atoms with Crippen LogP contribution in [-0.2, 0) is 0 Å². The first-order valence-corrected chi connectivity index (χ1v) is 10.0. The number of hydrogen-bond acceptors (Lipinski definition) is 5. The van der Waals surface area contributed by atoms with Crippen LogP contribution in [-0.4, -0.2) is 44.5 Å². The average molecular weight is 420 g/mol. The van der Waals surface area contributed by atoms with Crippen LogP contribution in [0.25, 0.3) is 0 Å². The van der Waals surface area contributed by atoms with Crippen LogP contribution in [0.15, 0.2) is 36.4 Å². The van der Waals surface area contributed by atoms with Crippen molar-refractivity contribution in [3.8, 4) is 11.5 Å². The zero-order chi connectivity index (χ0) is 22.9. The van der Waals surface area contributed by atoms with E-state index >= 15 is 0 Å². The molecule has 0 saturated heterocycles. The monoisotopic (exact) mass is 420 g/mol. The highest BCUT2D eigenvalue weighted by Crippen LogP contribution is 2.38. The van der Waals surface area contributed by atoms with Crippen LogP contribution in [0.1, 0.15) is 83.0 Å². The predicted octanol–water partition coefficient (Wildman–Crippen LogP) is 4.27. The minimum Gasteiger partial charge on any atom is -0.456 e. The van der Waals surface area contributed by atoms with Gasteiger partial charge >= 0.3 is 0 Å². The second-order valence-corrected chi connectivity index (χ2v) is 9.72. The molecular weight excluding hydrogens is 396 g/mol. The molecule has 0 fully saturated rings. The molecule has 0 spiro atoms. The lowest BCUT2D eigenvalue weighted by Gasteiger charge is -2.29. The van der Waals surface area contributed by atoms with Gasteiger partial charge in [0.15, 0.2) is 0 Å². The van der Waals surface area contributed by atoms with Gasteiger partial charge in [0.2, 0.25) is 0 Å². The quantitative estimate of drug-likeness (QED) is 0.678. The molecule has 2 heterocycles. The number of amides is 4. The minimum absolute atomic E-state index is 0.196. The Bertz CT molecular complexity index is 1170. The molecule has 2 aliphatic heterocycles. The normalized spacial score (nSPS) is 16.2. The standard InChI is InChI=1S/C24H24N2O5/c1-23(2,3)25-19(27)14-11-10-13(12-16(14)21(25)29)31-17-9-7-8-15-18(17)22(30)26(20(15)28)24(4,5)6/h7-12H,1-6H3. The fourth-order valence-electron chi connectivity index (χ4n) is 3.97. The third-order valence-electron chi connectivity index (χ3n) is 5.30. The molecule has 4 rings (SSSR count). The van der Waals surface area contributed by atoms with Gasteiger partial charge in [-0.3, -0.25) is 29.0 Å². The number of fused-ring (bicyclic) bond motifs is 2. The second-order valence-electron chi connectivity index (χ2n) is 9.72. The Morgan fingerprint density at radius 3 is 1.81 bits per heavy atom. The highest BCUT2D eigenvalue weighted by molar-refractivity contribution is 6.23. The molecule has 160 valence electrons. The van der Waals surface area contributed by atoms with Crippen molar-refractivity contribution >= 4 is 23.6 Å². The van der Waals surface area contributed by atoms with Crippen molar-refractivity contribution in [2.24, 2.45) is 0 Å². The first-order valence-electron chi connectivity index (χ1n) is 10.0. The number of imide groups is 2. The van der Waals surface area contributed by atoms with Crippen molar-refractivity contribution in [2.75, 3.05) is 0 Å². The summed E-state index contributed by atoms with van der Waals surface area (Å²) in [6.07, 6.45) is 0. The van der Waals surface area contributed by atoms with E-state index in [-0.39, 0.29) is 40.2 Å². The molecule has 31 heavy (non-hydrogen) atoms. The van der Waals surface area contributed by atoms with E-state index in [9.17, 15) is 19.2 Å². The van der Waals surface area contributed by atoms with Gasteiger partial charge in [-0.2, -0.15) is 0 Å². The van der Waals surface area contributed by atoms with Crippen molar-refractivity contribution in [3.05, 3.63) is 58.7 Å². The average Bonchev–Trinajstić information content (AvgIpc) is 3.06. The number of carbonyl (C=O) groups is 4. The van der Waals surface area contributed by atoms with Crippen LogP contribution >= 0.6 is 0 Å². The van der Waals surface area contributed by atoms with E-state index in [0.29, 0.717) is 11.3 Å². The number of rotatable bonds is 2. The van der Waals surface area contributed by atoms with Gasteiger partial charge in [-0.15, -0.1) is 0 Å². The molecule has 0 bridgehead atoms. The Kier molecular flexibility index (Phi) is 4.36. The van der Waals surface area contributed by atoms with Gasteiger partial charge in [0.1, 0.15) is 11.5 Å². The fraction of sp³-hybridized carbons (Fsp3) is 0.333. The summed E-state index contributed by atoms with van der Waals surface area (Å²) in [6, 6.07) is 9.49. The molecule has 7 nitrogen and oxygen atoms in total. The SMILES string of the molecule is CC(C)(C)N1C(=O)c2ccc(Oc3cccc4c3C(=O)N(C(C)(C)C)C4=O)cc2C1=O. The number of carbonyl (C=O) groups excluding carboxylic acids is 4. The zero-order valence-corrected chi connectivity index (χ0v) is 18.4. The lowest BCUT2D eigenvalue weighted by atomic mass is 10.1. The molecule has 0 N–H and O–H groups in total. The summed E-state index contributed by atoms with van der Waals surface area (Å²) in [5.41, 5.74) is -0.288. The van der Waals surface area contributed by atoms with Crippen LogP contribution in [0.3, 0.4) is 0 Å². The predicted molar refractivity (Wildman–Crippen MR) is 113 cm³/mol. The molecule has 0 saturated carbocycles. The van der Waals surface area contributed by atoms with Crippen LogP contribution in [0.2, 0.25) is 0 Å². The van der Waals surface area contributed by atoms with E-state index in [2.05, 4.69) is 0 Å². The van der Waals surface area contributed by atoms with E-state index < -0.39 is 17.0 Å². The molecule has 2 aromatic carbocycles. The van der Waals surface area contributed by atoms with E-state index in [1.807, 2.05) is 0 Å². The van der Waals surface area contributed by atoms with E-state index in [1.165, 1.54) is 15.9 Å². The smallest absolute Gasteiger partial charge is 0.265 e. The Balaban J connectivity index is 1.72. The second kappa shape index (κ2) is 6.51. The van der Waals surface area contributed by atoms with Gasteiger partial charge < -0.3 is 4.74 Å². The number of nitrogens with zero attached hydrogens (tertiary/aromatic N) is 2. The van der Waals surface area contributed by atoms with Crippen LogP contribution in [0.5, 0.6) is 11.5 Å². The third kappa shape index (κ3) is 3.12. The van der Waals surface area contributed by atoms with Crippen molar-refractivity contribution in [1.29, 1.82) is 0 Å². The summed E-state index contributed by atoms with van der Waals surface area (Å²) in [5, 5.41) is 0. The van der Waals surface area contributed by atoms with E-state index in [4.69, 9.17) is 4.74 Å². The van der Waals surface area contributed by atoms with E-state index in [1.54, 1.807) is 71.9 Å². The Morgan fingerprint density at radius 2 is 1.19 bits per heavy atom. The lowest BCUT2D eigenvalue weighted by molar-refractivity contribution is 0.0489. The van der Waals surface area contributed by atoms with E-state index in [0.717, 1.165) is 0 Å². The summed E-state index contributed by atoms with van der Waals surface area (Å²) in [5.74, 6) is -0.990. The summed E-state index contributed by atoms with van der Waals surface area (Å²) in [7, 11) is 0. The van der Waals surface area contributed by atoms with Crippen LogP contribution < -0.4 is 4.74 Å².